The highest BCUT2D eigenvalue weighted by Gasteiger charge is 2.20. The van der Waals surface area contributed by atoms with E-state index in [0.29, 0.717) is 12.2 Å². The predicted molar refractivity (Wildman–Crippen MR) is 129 cm³/mol. The van der Waals surface area contributed by atoms with Gasteiger partial charge in [-0.3, -0.25) is 4.90 Å². The third-order valence-electron chi connectivity index (χ3n) is 7.12. The number of nitrogens with zero attached hydrogens (tertiary/aromatic N) is 2. The van der Waals surface area contributed by atoms with Crippen LogP contribution in [0.25, 0.3) is 11.0 Å². The van der Waals surface area contributed by atoms with Gasteiger partial charge < -0.3 is 14.1 Å². The zero-order chi connectivity index (χ0) is 22.1. The largest absolute Gasteiger partial charge is 0.493 e. The minimum atomic E-state index is -0.179. The van der Waals surface area contributed by atoms with Gasteiger partial charge in [-0.2, -0.15) is 0 Å². The normalized spacial score (nSPS) is 16.5. The Bertz CT molecular complexity index is 1180. The van der Waals surface area contributed by atoms with Crippen molar-refractivity contribution in [3.05, 3.63) is 69.1 Å². The van der Waals surface area contributed by atoms with E-state index in [2.05, 4.69) is 41.8 Å². The fourth-order valence-corrected chi connectivity index (χ4v) is 5.12. The monoisotopic (exact) mass is 432 g/mol. The Labute approximate surface area is 189 Å². The molecule has 1 fully saturated rings. The lowest BCUT2D eigenvalue weighted by Gasteiger charge is -2.37. The summed E-state index contributed by atoms with van der Waals surface area (Å²) >= 11 is 0. The minimum absolute atomic E-state index is 0.179. The van der Waals surface area contributed by atoms with E-state index in [1.54, 1.807) is 0 Å². The fraction of sp³-hybridized carbons (Fsp3) is 0.444. The molecule has 0 N–H and O–H groups in total. The Morgan fingerprint density at radius 2 is 1.81 bits per heavy atom. The summed E-state index contributed by atoms with van der Waals surface area (Å²) in [6, 6.07) is 12.5. The van der Waals surface area contributed by atoms with Gasteiger partial charge in [-0.1, -0.05) is 12.1 Å². The minimum Gasteiger partial charge on any atom is -0.493 e. The maximum atomic E-state index is 12.2. The molecule has 2 aromatic carbocycles. The van der Waals surface area contributed by atoms with Crippen LogP contribution in [0.4, 0.5) is 5.69 Å². The van der Waals surface area contributed by atoms with Crippen molar-refractivity contribution in [2.75, 3.05) is 44.2 Å². The van der Waals surface area contributed by atoms with Crippen LogP contribution in [0.5, 0.6) is 5.75 Å². The van der Waals surface area contributed by atoms with Crippen LogP contribution in [0.2, 0.25) is 0 Å². The molecule has 5 rings (SSSR count). The molecule has 168 valence electrons. The van der Waals surface area contributed by atoms with Crippen molar-refractivity contribution >= 4 is 16.7 Å². The van der Waals surface area contributed by atoms with Crippen LogP contribution in [-0.4, -0.2) is 44.2 Å². The molecule has 2 heterocycles. The molecule has 0 saturated carbocycles. The van der Waals surface area contributed by atoms with Crippen LogP contribution in [-0.2, 0) is 12.8 Å². The second-order valence-corrected chi connectivity index (χ2v) is 9.11. The van der Waals surface area contributed by atoms with Gasteiger partial charge in [0.05, 0.1) is 6.61 Å². The van der Waals surface area contributed by atoms with E-state index in [0.717, 1.165) is 75.1 Å². The maximum Gasteiger partial charge on any atom is 0.339 e. The van der Waals surface area contributed by atoms with Gasteiger partial charge in [-0.15, -0.1) is 0 Å². The van der Waals surface area contributed by atoms with Crippen LogP contribution in [0.3, 0.4) is 0 Å². The Kier molecular flexibility index (Phi) is 5.92. The highest BCUT2D eigenvalue weighted by molar-refractivity contribution is 5.83. The molecule has 0 bridgehead atoms. The van der Waals surface area contributed by atoms with E-state index in [1.807, 2.05) is 18.2 Å². The Hall–Kier alpha value is -2.79. The van der Waals surface area contributed by atoms with E-state index in [-0.39, 0.29) is 5.63 Å². The Morgan fingerprint density at radius 3 is 2.66 bits per heavy atom. The van der Waals surface area contributed by atoms with Crippen molar-refractivity contribution in [2.24, 2.45) is 0 Å². The van der Waals surface area contributed by atoms with E-state index >= 15 is 0 Å². The molecule has 1 aliphatic heterocycles. The molecular weight excluding hydrogens is 400 g/mol. The van der Waals surface area contributed by atoms with Crippen molar-refractivity contribution in [3.63, 3.8) is 0 Å². The Balaban J connectivity index is 1.11. The summed E-state index contributed by atoms with van der Waals surface area (Å²) in [5, 5.41) is 1.06. The average molecular weight is 433 g/mol. The maximum absolute atomic E-state index is 12.2. The molecule has 1 saturated heterocycles. The molecule has 0 unspecified atom stereocenters. The molecule has 32 heavy (non-hydrogen) atoms. The van der Waals surface area contributed by atoms with Gasteiger partial charge in [0.2, 0.25) is 0 Å². The van der Waals surface area contributed by atoms with E-state index in [9.17, 15) is 4.79 Å². The summed E-state index contributed by atoms with van der Waals surface area (Å²) in [4.78, 5) is 17.2. The van der Waals surface area contributed by atoms with Gasteiger partial charge in [0, 0.05) is 55.4 Å². The third kappa shape index (κ3) is 4.14. The van der Waals surface area contributed by atoms with Gasteiger partial charge in [-0.05, 0) is 74.4 Å². The summed E-state index contributed by atoms with van der Waals surface area (Å²) < 4.78 is 11.5. The molecule has 5 heteroatoms. The van der Waals surface area contributed by atoms with Crippen molar-refractivity contribution in [3.8, 4) is 5.75 Å². The van der Waals surface area contributed by atoms with Crippen molar-refractivity contribution in [1.82, 2.24) is 4.90 Å². The molecule has 0 amide bonds. The Morgan fingerprint density at radius 1 is 1.00 bits per heavy atom. The average Bonchev–Trinajstić information content (AvgIpc) is 3.30. The van der Waals surface area contributed by atoms with Gasteiger partial charge in [-0.25, -0.2) is 4.79 Å². The standard InChI is InChI=1S/C27H32N2O3/c1-19-6-3-9-25(20(19)2)29-15-13-28(14-16-29)12-5-17-31-21-10-11-23-22-7-4-8-24(22)27(30)32-26(23)18-21/h3,6,9-11,18H,4-5,7-8,12-17H2,1-2H3. The number of hydrogen-bond donors (Lipinski definition) is 0. The smallest absolute Gasteiger partial charge is 0.339 e. The molecule has 1 aliphatic carbocycles. The quantitative estimate of drug-likeness (QED) is 0.424. The van der Waals surface area contributed by atoms with Gasteiger partial charge in [0.1, 0.15) is 11.3 Å². The van der Waals surface area contributed by atoms with Crippen LogP contribution in [0.1, 0.15) is 35.1 Å². The van der Waals surface area contributed by atoms with E-state index < -0.39 is 0 Å². The first-order chi connectivity index (χ1) is 15.6. The van der Waals surface area contributed by atoms with Crippen LogP contribution in [0, 0.1) is 13.8 Å². The topological polar surface area (TPSA) is 45.9 Å². The summed E-state index contributed by atoms with van der Waals surface area (Å²) in [7, 11) is 0. The molecule has 3 aromatic rings. The fourth-order valence-electron chi connectivity index (χ4n) is 5.12. The highest BCUT2D eigenvalue weighted by atomic mass is 16.5. The van der Waals surface area contributed by atoms with E-state index in [1.165, 1.54) is 22.4 Å². The van der Waals surface area contributed by atoms with Crippen LogP contribution < -0.4 is 15.3 Å². The van der Waals surface area contributed by atoms with E-state index in [4.69, 9.17) is 9.15 Å². The second kappa shape index (κ2) is 8.99. The van der Waals surface area contributed by atoms with Gasteiger partial charge >= 0.3 is 5.63 Å². The SMILES string of the molecule is Cc1cccc(N2CCN(CCCOc3ccc4c5c(c(=O)oc4c3)CCC5)CC2)c1C. The first-order valence-electron chi connectivity index (χ1n) is 11.8. The van der Waals surface area contributed by atoms with Crippen molar-refractivity contribution in [1.29, 1.82) is 0 Å². The van der Waals surface area contributed by atoms with Gasteiger partial charge in [0.15, 0.2) is 0 Å². The molecular formula is C27H32N2O3. The predicted octanol–water partition coefficient (Wildman–Crippen LogP) is 4.49. The summed E-state index contributed by atoms with van der Waals surface area (Å²) in [5.41, 5.74) is 6.64. The molecule has 0 atom stereocenters. The zero-order valence-electron chi connectivity index (χ0n) is 19.2. The number of ether oxygens (including phenoxy) is 1. The van der Waals surface area contributed by atoms with Crippen molar-refractivity contribution in [2.45, 2.75) is 39.5 Å². The second-order valence-electron chi connectivity index (χ2n) is 9.11. The lowest BCUT2D eigenvalue weighted by atomic mass is 10.1. The summed E-state index contributed by atoms with van der Waals surface area (Å²) in [6.07, 6.45) is 3.82. The number of piperazine rings is 1. The molecule has 2 aliphatic rings. The first-order valence-corrected chi connectivity index (χ1v) is 11.8. The van der Waals surface area contributed by atoms with Crippen LogP contribution in [0.15, 0.2) is 45.6 Å². The molecule has 1 aromatic heterocycles. The number of fused-ring (bicyclic) bond motifs is 3. The number of rotatable bonds is 6. The van der Waals surface area contributed by atoms with Crippen molar-refractivity contribution < 1.29 is 9.15 Å². The molecule has 0 spiro atoms. The third-order valence-corrected chi connectivity index (χ3v) is 7.12. The summed E-state index contributed by atoms with van der Waals surface area (Å²) in [5.74, 6) is 0.776. The molecule has 0 radical (unpaired) electrons. The highest BCUT2D eigenvalue weighted by Crippen LogP contribution is 2.29. The summed E-state index contributed by atoms with van der Waals surface area (Å²) in [6.45, 7) is 10.4. The lowest BCUT2D eigenvalue weighted by molar-refractivity contribution is 0.224. The number of hydrogen-bond acceptors (Lipinski definition) is 5. The first kappa shape index (κ1) is 21.1. The number of benzene rings is 2. The number of aryl methyl sites for hydroxylation is 2. The molecule has 5 nitrogen and oxygen atoms in total. The number of anilines is 1. The van der Waals surface area contributed by atoms with Gasteiger partial charge in [0.25, 0.3) is 0 Å². The lowest BCUT2D eigenvalue weighted by Crippen LogP contribution is -2.47. The zero-order valence-corrected chi connectivity index (χ0v) is 19.2. The van der Waals surface area contributed by atoms with Crippen LogP contribution >= 0.6 is 0 Å².